The fourth-order valence-electron chi connectivity index (χ4n) is 4.57. The molecule has 134 valence electrons. The molecule has 0 aliphatic carbocycles. The SMILES string of the molecule is O=C(Cn1ccc2ccc(Br)cc21)NCC1CCCN2CCCCC12. The third-order valence-corrected chi connectivity index (χ3v) is 6.33. The van der Waals surface area contributed by atoms with E-state index in [0.29, 0.717) is 18.5 Å². The van der Waals surface area contributed by atoms with E-state index in [0.717, 1.165) is 16.5 Å². The van der Waals surface area contributed by atoms with Crippen LogP contribution in [0.1, 0.15) is 32.1 Å². The van der Waals surface area contributed by atoms with Gasteiger partial charge >= 0.3 is 0 Å². The van der Waals surface area contributed by atoms with Gasteiger partial charge in [0.2, 0.25) is 5.91 Å². The van der Waals surface area contributed by atoms with Gasteiger partial charge in [0, 0.05) is 28.8 Å². The quantitative estimate of drug-likeness (QED) is 0.842. The van der Waals surface area contributed by atoms with Crippen LogP contribution in [0.2, 0.25) is 0 Å². The van der Waals surface area contributed by atoms with Crippen LogP contribution >= 0.6 is 15.9 Å². The van der Waals surface area contributed by atoms with Crippen LogP contribution in [0.25, 0.3) is 10.9 Å². The van der Waals surface area contributed by atoms with Gasteiger partial charge in [-0.05, 0) is 68.3 Å². The first-order chi connectivity index (χ1) is 12.2. The number of hydrogen-bond donors (Lipinski definition) is 1. The molecular weight excluding hydrogens is 378 g/mol. The number of rotatable bonds is 4. The van der Waals surface area contributed by atoms with Gasteiger partial charge in [-0.25, -0.2) is 0 Å². The van der Waals surface area contributed by atoms with Crippen LogP contribution in [-0.2, 0) is 11.3 Å². The minimum atomic E-state index is 0.116. The number of halogens is 1. The maximum atomic E-state index is 12.5. The molecule has 2 atom stereocenters. The third-order valence-electron chi connectivity index (χ3n) is 5.84. The van der Waals surface area contributed by atoms with Crippen molar-refractivity contribution in [3.05, 3.63) is 34.9 Å². The summed E-state index contributed by atoms with van der Waals surface area (Å²) in [5.41, 5.74) is 1.10. The third kappa shape index (κ3) is 3.77. The topological polar surface area (TPSA) is 37.3 Å². The Labute approximate surface area is 157 Å². The van der Waals surface area contributed by atoms with E-state index >= 15 is 0 Å². The molecule has 4 nitrogen and oxygen atoms in total. The number of carbonyl (C=O) groups is 1. The van der Waals surface area contributed by atoms with Crippen molar-refractivity contribution < 1.29 is 4.79 Å². The lowest BCUT2D eigenvalue weighted by atomic mass is 9.83. The second-order valence-electron chi connectivity index (χ2n) is 7.45. The van der Waals surface area contributed by atoms with Crippen LogP contribution in [0.15, 0.2) is 34.9 Å². The van der Waals surface area contributed by atoms with Crippen molar-refractivity contribution in [1.82, 2.24) is 14.8 Å². The minimum absolute atomic E-state index is 0.116. The average molecular weight is 404 g/mol. The molecule has 1 N–H and O–H groups in total. The highest BCUT2D eigenvalue weighted by molar-refractivity contribution is 9.10. The maximum absolute atomic E-state index is 12.5. The Morgan fingerprint density at radius 1 is 1.16 bits per heavy atom. The van der Waals surface area contributed by atoms with E-state index in [1.54, 1.807) is 0 Å². The Kier molecular flexibility index (Phi) is 5.13. The van der Waals surface area contributed by atoms with Gasteiger partial charge in [0.15, 0.2) is 0 Å². The average Bonchev–Trinajstić information content (AvgIpc) is 3.02. The van der Waals surface area contributed by atoms with Gasteiger partial charge < -0.3 is 14.8 Å². The molecular formula is C20H26BrN3O. The molecule has 5 heteroatoms. The normalized spacial score (nSPS) is 24.2. The summed E-state index contributed by atoms with van der Waals surface area (Å²) in [5.74, 6) is 0.735. The zero-order valence-corrected chi connectivity index (χ0v) is 16.2. The molecule has 3 heterocycles. The molecule has 2 saturated heterocycles. The smallest absolute Gasteiger partial charge is 0.239 e. The summed E-state index contributed by atoms with van der Waals surface area (Å²) < 4.78 is 3.07. The van der Waals surface area contributed by atoms with E-state index in [-0.39, 0.29) is 5.91 Å². The number of aromatic nitrogens is 1. The molecule has 2 aliphatic rings. The zero-order chi connectivity index (χ0) is 17.2. The molecule has 1 aromatic carbocycles. The summed E-state index contributed by atoms with van der Waals surface area (Å²) >= 11 is 3.51. The monoisotopic (exact) mass is 403 g/mol. The number of fused-ring (bicyclic) bond motifs is 2. The zero-order valence-electron chi connectivity index (χ0n) is 14.6. The van der Waals surface area contributed by atoms with Gasteiger partial charge in [0.25, 0.3) is 0 Å². The molecule has 2 aromatic rings. The van der Waals surface area contributed by atoms with Crippen molar-refractivity contribution in [3.8, 4) is 0 Å². The molecule has 1 aromatic heterocycles. The molecule has 2 aliphatic heterocycles. The van der Waals surface area contributed by atoms with E-state index in [2.05, 4.69) is 44.3 Å². The summed E-state index contributed by atoms with van der Waals surface area (Å²) in [6, 6.07) is 8.94. The number of nitrogens with zero attached hydrogens (tertiary/aromatic N) is 2. The fourth-order valence-corrected chi connectivity index (χ4v) is 4.91. The lowest BCUT2D eigenvalue weighted by Crippen LogP contribution is -2.51. The molecule has 2 fully saturated rings. The molecule has 4 rings (SSSR count). The second kappa shape index (κ2) is 7.50. The first-order valence-electron chi connectivity index (χ1n) is 9.46. The van der Waals surface area contributed by atoms with E-state index in [9.17, 15) is 4.79 Å². The number of carbonyl (C=O) groups excluding carboxylic acids is 1. The molecule has 0 spiro atoms. The minimum Gasteiger partial charge on any atom is -0.354 e. The predicted molar refractivity (Wildman–Crippen MR) is 105 cm³/mol. The Balaban J connectivity index is 1.36. The van der Waals surface area contributed by atoms with Crippen molar-refractivity contribution in [2.24, 2.45) is 5.92 Å². The summed E-state index contributed by atoms with van der Waals surface area (Å²) in [7, 11) is 0. The highest BCUT2D eigenvalue weighted by atomic mass is 79.9. The molecule has 25 heavy (non-hydrogen) atoms. The highest BCUT2D eigenvalue weighted by Gasteiger charge is 2.32. The van der Waals surface area contributed by atoms with Crippen LogP contribution in [0, 0.1) is 5.92 Å². The lowest BCUT2D eigenvalue weighted by molar-refractivity contribution is -0.122. The van der Waals surface area contributed by atoms with Gasteiger partial charge in [-0.1, -0.05) is 28.4 Å². The van der Waals surface area contributed by atoms with E-state index < -0.39 is 0 Å². The first-order valence-corrected chi connectivity index (χ1v) is 10.3. The van der Waals surface area contributed by atoms with Crippen molar-refractivity contribution in [3.63, 3.8) is 0 Å². The molecule has 0 saturated carbocycles. The van der Waals surface area contributed by atoms with Crippen LogP contribution in [0.3, 0.4) is 0 Å². The Bertz CT molecular complexity index is 754. The van der Waals surface area contributed by atoms with Crippen molar-refractivity contribution >= 4 is 32.7 Å². The van der Waals surface area contributed by atoms with Gasteiger partial charge in [0.1, 0.15) is 6.54 Å². The van der Waals surface area contributed by atoms with Crippen LogP contribution in [-0.4, -0.2) is 41.1 Å². The van der Waals surface area contributed by atoms with Crippen LogP contribution in [0.4, 0.5) is 0 Å². The van der Waals surface area contributed by atoms with E-state index in [1.807, 2.05) is 16.8 Å². The van der Waals surface area contributed by atoms with Gasteiger partial charge in [0.05, 0.1) is 0 Å². The van der Waals surface area contributed by atoms with Gasteiger partial charge in [-0.3, -0.25) is 4.79 Å². The van der Waals surface area contributed by atoms with Gasteiger partial charge in [-0.2, -0.15) is 0 Å². The summed E-state index contributed by atoms with van der Waals surface area (Å²) in [6.07, 6.45) is 8.51. The van der Waals surface area contributed by atoms with Crippen molar-refractivity contribution in [2.45, 2.75) is 44.7 Å². The Morgan fingerprint density at radius 2 is 2.04 bits per heavy atom. The highest BCUT2D eigenvalue weighted by Crippen LogP contribution is 2.30. The molecule has 0 radical (unpaired) electrons. The number of nitrogens with one attached hydrogen (secondary N) is 1. The van der Waals surface area contributed by atoms with E-state index in [4.69, 9.17) is 0 Å². The van der Waals surface area contributed by atoms with E-state index in [1.165, 1.54) is 50.6 Å². The Morgan fingerprint density at radius 3 is 2.96 bits per heavy atom. The first kappa shape index (κ1) is 17.1. The number of amides is 1. The largest absolute Gasteiger partial charge is 0.354 e. The van der Waals surface area contributed by atoms with Gasteiger partial charge in [-0.15, -0.1) is 0 Å². The molecule has 1 amide bonds. The standard InChI is InChI=1S/C20H26BrN3O/c21-17-7-6-15-8-11-24(19(15)12-17)14-20(25)22-13-16-4-3-10-23-9-2-1-5-18(16)23/h6-8,11-12,16,18H,1-5,9-10,13-14H2,(H,22,25). The Hall–Kier alpha value is -1.33. The van der Waals surface area contributed by atoms with Crippen molar-refractivity contribution in [2.75, 3.05) is 19.6 Å². The van der Waals surface area contributed by atoms with Crippen LogP contribution in [0.5, 0.6) is 0 Å². The summed E-state index contributed by atoms with van der Waals surface area (Å²) in [6.45, 7) is 3.71. The van der Waals surface area contributed by atoms with Crippen LogP contribution < -0.4 is 5.32 Å². The number of piperidine rings is 2. The second-order valence-corrected chi connectivity index (χ2v) is 8.37. The maximum Gasteiger partial charge on any atom is 0.239 e. The number of hydrogen-bond acceptors (Lipinski definition) is 2. The van der Waals surface area contributed by atoms with Crippen molar-refractivity contribution in [1.29, 1.82) is 0 Å². The molecule has 0 bridgehead atoms. The lowest BCUT2D eigenvalue weighted by Gasteiger charge is -2.44. The summed E-state index contributed by atoms with van der Waals surface area (Å²) in [4.78, 5) is 15.1. The fraction of sp³-hybridized carbons (Fsp3) is 0.550. The summed E-state index contributed by atoms with van der Waals surface area (Å²) in [5, 5.41) is 4.37. The number of benzene rings is 1. The predicted octanol–water partition coefficient (Wildman–Crippen LogP) is 3.78. The molecule has 2 unspecified atom stereocenters.